The normalized spacial score (nSPS) is 10.2. The second-order valence-electron chi connectivity index (χ2n) is 5.53. The SMILES string of the molecule is O=C(Nc1ccccc1F)c1ccnc(C(=O)NCc2ccccc2)c1. The highest BCUT2D eigenvalue weighted by Crippen LogP contribution is 2.14. The fourth-order valence-electron chi connectivity index (χ4n) is 2.32. The molecular formula is C20H16FN3O2. The van der Waals surface area contributed by atoms with Crippen LogP contribution in [-0.2, 0) is 6.54 Å². The van der Waals surface area contributed by atoms with E-state index >= 15 is 0 Å². The maximum atomic E-state index is 13.6. The van der Waals surface area contributed by atoms with Crippen LogP contribution in [0.4, 0.5) is 10.1 Å². The topological polar surface area (TPSA) is 71.1 Å². The molecule has 5 nitrogen and oxygen atoms in total. The Hall–Kier alpha value is -3.54. The Labute approximate surface area is 149 Å². The Kier molecular flexibility index (Phi) is 5.34. The fraction of sp³-hybridized carbons (Fsp3) is 0.0500. The molecule has 1 aromatic heterocycles. The van der Waals surface area contributed by atoms with Crippen LogP contribution in [0, 0.1) is 5.82 Å². The van der Waals surface area contributed by atoms with E-state index in [-0.39, 0.29) is 16.9 Å². The quantitative estimate of drug-likeness (QED) is 0.742. The highest BCUT2D eigenvalue weighted by atomic mass is 19.1. The number of carbonyl (C=O) groups excluding carboxylic acids is 2. The Balaban J connectivity index is 1.68. The molecule has 130 valence electrons. The summed E-state index contributed by atoms with van der Waals surface area (Å²) in [4.78, 5) is 28.5. The molecule has 0 saturated carbocycles. The van der Waals surface area contributed by atoms with Crippen molar-refractivity contribution in [3.05, 3.63) is 95.6 Å². The molecule has 0 atom stereocenters. The van der Waals surface area contributed by atoms with Crippen LogP contribution in [-0.4, -0.2) is 16.8 Å². The predicted octanol–water partition coefficient (Wildman–Crippen LogP) is 3.40. The molecule has 0 unspecified atom stereocenters. The van der Waals surface area contributed by atoms with Gasteiger partial charge in [-0.1, -0.05) is 42.5 Å². The molecule has 2 N–H and O–H groups in total. The van der Waals surface area contributed by atoms with E-state index in [2.05, 4.69) is 15.6 Å². The lowest BCUT2D eigenvalue weighted by Crippen LogP contribution is -2.24. The van der Waals surface area contributed by atoms with Crippen LogP contribution in [0.1, 0.15) is 26.4 Å². The first-order valence-corrected chi connectivity index (χ1v) is 7.97. The van der Waals surface area contributed by atoms with Gasteiger partial charge in [0.05, 0.1) is 5.69 Å². The van der Waals surface area contributed by atoms with E-state index in [4.69, 9.17) is 0 Å². The minimum absolute atomic E-state index is 0.0735. The lowest BCUT2D eigenvalue weighted by Gasteiger charge is -2.08. The van der Waals surface area contributed by atoms with Crippen LogP contribution in [0.2, 0.25) is 0 Å². The van der Waals surface area contributed by atoms with E-state index in [1.807, 2.05) is 30.3 Å². The van der Waals surface area contributed by atoms with Crippen molar-refractivity contribution in [2.45, 2.75) is 6.54 Å². The summed E-state index contributed by atoms with van der Waals surface area (Å²) in [5, 5.41) is 5.22. The molecule has 0 radical (unpaired) electrons. The molecule has 0 saturated heterocycles. The van der Waals surface area contributed by atoms with Gasteiger partial charge in [0.15, 0.2) is 0 Å². The summed E-state index contributed by atoms with van der Waals surface area (Å²) in [6.07, 6.45) is 1.37. The molecule has 3 aromatic rings. The number of nitrogens with one attached hydrogen (secondary N) is 2. The molecule has 0 spiro atoms. The Morgan fingerprint density at radius 1 is 0.923 bits per heavy atom. The Bertz CT molecular complexity index is 929. The zero-order valence-corrected chi connectivity index (χ0v) is 13.8. The molecule has 26 heavy (non-hydrogen) atoms. The van der Waals surface area contributed by atoms with Gasteiger partial charge in [-0.15, -0.1) is 0 Å². The minimum Gasteiger partial charge on any atom is -0.347 e. The summed E-state index contributed by atoms with van der Waals surface area (Å²) in [6.45, 7) is 0.354. The van der Waals surface area contributed by atoms with Gasteiger partial charge in [0, 0.05) is 18.3 Å². The van der Waals surface area contributed by atoms with Gasteiger partial charge in [-0.25, -0.2) is 4.39 Å². The monoisotopic (exact) mass is 349 g/mol. The smallest absolute Gasteiger partial charge is 0.270 e. The predicted molar refractivity (Wildman–Crippen MR) is 96.2 cm³/mol. The number of amides is 2. The van der Waals surface area contributed by atoms with Crippen molar-refractivity contribution < 1.29 is 14.0 Å². The number of halogens is 1. The average molecular weight is 349 g/mol. The lowest BCUT2D eigenvalue weighted by molar-refractivity contribution is 0.0946. The molecule has 0 aliphatic heterocycles. The van der Waals surface area contributed by atoms with Crippen molar-refractivity contribution in [3.8, 4) is 0 Å². The summed E-state index contributed by atoms with van der Waals surface area (Å²) in [5.74, 6) is -1.44. The number of pyridine rings is 1. The molecule has 0 aliphatic carbocycles. The lowest BCUT2D eigenvalue weighted by atomic mass is 10.2. The number of hydrogen-bond acceptors (Lipinski definition) is 3. The first-order chi connectivity index (χ1) is 12.6. The van der Waals surface area contributed by atoms with Crippen LogP contribution in [0.5, 0.6) is 0 Å². The van der Waals surface area contributed by atoms with Gasteiger partial charge in [-0.2, -0.15) is 0 Å². The third-order valence-electron chi connectivity index (χ3n) is 3.67. The van der Waals surface area contributed by atoms with Crippen molar-refractivity contribution in [2.75, 3.05) is 5.32 Å². The molecule has 1 heterocycles. The summed E-state index contributed by atoms with van der Waals surface area (Å²) in [6, 6.07) is 18.1. The van der Waals surface area contributed by atoms with Crippen molar-refractivity contribution in [1.29, 1.82) is 0 Å². The van der Waals surface area contributed by atoms with Crippen LogP contribution in [0.25, 0.3) is 0 Å². The zero-order chi connectivity index (χ0) is 18.4. The van der Waals surface area contributed by atoms with E-state index < -0.39 is 17.6 Å². The van der Waals surface area contributed by atoms with Gasteiger partial charge < -0.3 is 10.6 Å². The van der Waals surface area contributed by atoms with Gasteiger partial charge in [0.2, 0.25) is 0 Å². The number of nitrogens with zero attached hydrogens (tertiary/aromatic N) is 1. The van der Waals surface area contributed by atoms with E-state index in [9.17, 15) is 14.0 Å². The minimum atomic E-state index is -0.532. The van der Waals surface area contributed by atoms with Gasteiger partial charge in [-0.3, -0.25) is 14.6 Å². The van der Waals surface area contributed by atoms with E-state index in [1.54, 1.807) is 6.07 Å². The van der Waals surface area contributed by atoms with Crippen molar-refractivity contribution in [3.63, 3.8) is 0 Å². The van der Waals surface area contributed by atoms with Gasteiger partial charge in [0.1, 0.15) is 11.5 Å². The van der Waals surface area contributed by atoms with E-state index in [1.165, 1.54) is 36.5 Å². The highest BCUT2D eigenvalue weighted by molar-refractivity contribution is 6.05. The van der Waals surface area contributed by atoms with Crippen LogP contribution < -0.4 is 10.6 Å². The summed E-state index contributed by atoms with van der Waals surface area (Å²) < 4.78 is 13.6. The molecule has 0 bridgehead atoms. The molecule has 0 aliphatic rings. The number of anilines is 1. The largest absolute Gasteiger partial charge is 0.347 e. The summed E-state index contributed by atoms with van der Waals surface area (Å²) in [7, 11) is 0. The number of carbonyl (C=O) groups is 2. The van der Waals surface area contributed by atoms with E-state index in [0.29, 0.717) is 6.54 Å². The van der Waals surface area contributed by atoms with Gasteiger partial charge >= 0.3 is 0 Å². The molecule has 6 heteroatoms. The van der Waals surface area contributed by atoms with Crippen LogP contribution in [0.3, 0.4) is 0 Å². The molecule has 2 amide bonds. The number of aromatic nitrogens is 1. The average Bonchev–Trinajstić information content (AvgIpc) is 2.69. The van der Waals surface area contributed by atoms with Gasteiger partial charge in [-0.05, 0) is 29.8 Å². The first kappa shape index (κ1) is 17.3. The maximum Gasteiger partial charge on any atom is 0.270 e. The number of hydrogen-bond donors (Lipinski definition) is 2. The second-order valence-corrected chi connectivity index (χ2v) is 5.53. The van der Waals surface area contributed by atoms with Crippen molar-refractivity contribution in [1.82, 2.24) is 10.3 Å². The third kappa shape index (κ3) is 4.30. The Morgan fingerprint density at radius 2 is 1.65 bits per heavy atom. The fourth-order valence-corrected chi connectivity index (χ4v) is 2.32. The Morgan fingerprint density at radius 3 is 2.42 bits per heavy atom. The second kappa shape index (κ2) is 8.02. The third-order valence-corrected chi connectivity index (χ3v) is 3.67. The molecule has 2 aromatic carbocycles. The highest BCUT2D eigenvalue weighted by Gasteiger charge is 2.13. The molecule has 3 rings (SSSR count). The van der Waals surface area contributed by atoms with Crippen LogP contribution >= 0.6 is 0 Å². The van der Waals surface area contributed by atoms with Crippen LogP contribution in [0.15, 0.2) is 72.9 Å². The van der Waals surface area contributed by atoms with E-state index in [0.717, 1.165) is 5.56 Å². The van der Waals surface area contributed by atoms with Crippen molar-refractivity contribution in [2.24, 2.45) is 0 Å². The first-order valence-electron chi connectivity index (χ1n) is 7.97. The number of para-hydroxylation sites is 1. The van der Waals surface area contributed by atoms with Gasteiger partial charge in [0.25, 0.3) is 11.8 Å². The standard InChI is InChI=1S/C20H16FN3O2/c21-16-8-4-5-9-17(16)24-19(25)15-10-11-22-18(12-15)20(26)23-13-14-6-2-1-3-7-14/h1-12H,13H2,(H,23,26)(H,24,25). The summed E-state index contributed by atoms with van der Waals surface area (Å²) in [5.41, 5.74) is 1.36. The number of benzene rings is 2. The molecular weight excluding hydrogens is 333 g/mol. The number of rotatable bonds is 5. The molecule has 0 fully saturated rings. The zero-order valence-electron chi connectivity index (χ0n) is 13.8. The summed E-state index contributed by atoms with van der Waals surface area (Å²) >= 11 is 0. The van der Waals surface area contributed by atoms with Crippen molar-refractivity contribution >= 4 is 17.5 Å². The maximum absolute atomic E-state index is 13.6.